The molecule has 31 heavy (non-hydrogen) atoms. The molecule has 1 aliphatic rings. The van der Waals surface area contributed by atoms with E-state index in [2.05, 4.69) is 0 Å². The molecule has 0 atom stereocenters. The summed E-state index contributed by atoms with van der Waals surface area (Å²) in [5.41, 5.74) is 3.95. The van der Waals surface area contributed by atoms with Crippen molar-refractivity contribution in [2.24, 2.45) is 11.7 Å². The third-order valence-electron chi connectivity index (χ3n) is 5.79. The highest BCUT2D eigenvalue weighted by Gasteiger charge is 2.55. The minimum Gasteiger partial charge on any atom is -0.368 e. The van der Waals surface area contributed by atoms with E-state index < -0.39 is 29.2 Å². The zero-order valence-corrected chi connectivity index (χ0v) is 18.6. The number of likely N-dealkylation sites (N-methyl/N-ethyl adjacent to an activating group) is 1. The maximum atomic E-state index is 14.1. The molecule has 1 aromatic carbocycles. The standard InChI is InChI=1S/C22H25ClF3N3O2/c1-12(2)11-29-17(19(30)28(4)21(9-10-21)20(27)31)16(13(3)18(29)22(24,25)26)14-5-7-15(23)8-6-14/h5-8,12H,9-11H2,1-4H3,(H2,27,31). The highest BCUT2D eigenvalue weighted by atomic mass is 35.5. The number of aromatic nitrogens is 1. The van der Waals surface area contributed by atoms with Crippen molar-refractivity contribution in [1.82, 2.24) is 9.47 Å². The van der Waals surface area contributed by atoms with Gasteiger partial charge in [0, 0.05) is 24.2 Å². The quantitative estimate of drug-likeness (QED) is 0.674. The molecule has 1 fully saturated rings. The number of amides is 2. The van der Waals surface area contributed by atoms with Crippen molar-refractivity contribution >= 4 is 23.4 Å². The Morgan fingerprint density at radius 2 is 1.77 bits per heavy atom. The first-order chi connectivity index (χ1) is 14.3. The fourth-order valence-electron chi connectivity index (χ4n) is 4.07. The average Bonchev–Trinajstić information content (AvgIpc) is 3.41. The Kier molecular flexibility index (Phi) is 5.90. The lowest BCUT2D eigenvalue weighted by atomic mass is 10.00. The molecular formula is C22H25ClF3N3O2. The van der Waals surface area contributed by atoms with Crippen LogP contribution in [0.4, 0.5) is 13.2 Å². The fourth-order valence-corrected chi connectivity index (χ4v) is 4.20. The molecule has 1 heterocycles. The highest BCUT2D eigenvalue weighted by molar-refractivity contribution is 6.30. The van der Waals surface area contributed by atoms with E-state index in [4.69, 9.17) is 17.3 Å². The molecule has 9 heteroatoms. The van der Waals surface area contributed by atoms with Crippen molar-refractivity contribution in [1.29, 1.82) is 0 Å². The Morgan fingerprint density at radius 3 is 2.19 bits per heavy atom. The smallest absolute Gasteiger partial charge is 0.368 e. The van der Waals surface area contributed by atoms with E-state index in [0.717, 1.165) is 4.57 Å². The number of benzene rings is 1. The SMILES string of the molecule is Cc1c(-c2ccc(Cl)cc2)c(C(=O)N(C)C2(C(N)=O)CC2)n(CC(C)C)c1C(F)(F)F. The number of halogens is 4. The molecule has 1 aliphatic carbocycles. The highest BCUT2D eigenvalue weighted by Crippen LogP contribution is 2.45. The first kappa shape index (κ1) is 23.2. The van der Waals surface area contributed by atoms with E-state index in [9.17, 15) is 22.8 Å². The molecule has 1 saturated carbocycles. The summed E-state index contributed by atoms with van der Waals surface area (Å²) in [6, 6.07) is 6.30. The lowest BCUT2D eigenvalue weighted by molar-refractivity contribution is -0.144. The molecule has 0 saturated heterocycles. The van der Waals surface area contributed by atoms with Crippen molar-refractivity contribution in [3.63, 3.8) is 0 Å². The van der Waals surface area contributed by atoms with Gasteiger partial charge in [-0.2, -0.15) is 13.2 Å². The molecule has 2 N–H and O–H groups in total. The second-order valence-electron chi connectivity index (χ2n) is 8.47. The predicted octanol–water partition coefficient (Wildman–Crippen LogP) is 4.88. The van der Waals surface area contributed by atoms with Crippen LogP contribution in [-0.4, -0.2) is 33.9 Å². The van der Waals surface area contributed by atoms with Crippen LogP contribution in [0.1, 0.15) is 48.4 Å². The third kappa shape index (κ3) is 4.05. The van der Waals surface area contributed by atoms with Gasteiger partial charge in [0.05, 0.1) is 0 Å². The summed E-state index contributed by atoms with van der Waals surface area (Å²) in [7, 11) is 1.42. The molecule has 0 bridgehead atoms. The summed E-state index contributed by atoms with van der Waals surface area (Å²) in [5, 5.41) is 0.426. The van der Waals surface area contributed by atoms with Gasteiger partial charge in [0.1, 0.15) is 16.9 Å². The van der Waals surface area contributed by atoms with E-state index >= 15 is 0 Å². The van der Waals surface area contributed by atoms with E-state index in [-0.39, 0.29) is 29.3 Å². The Hall–Kier alpha value is -2.48. The van der Waals surface area contributed by atoms with Crippen LogP contribution in [-0.2, 0) is 17.5 Å². The Morgan fingerprint density at radius 1 is 1.23 bits per heavy atom. The fraction of sp³-hybridized carbons (Fsp3) is 0.455. The Labute approximate surface area is 184 Å². The van der Waals surface area contributed by atoms with Crippen LogP contribution in [0.3, 0.4) is 0 Å². The van der Waals surface area contributed by atoms with Gasteiger partial charge in [-0.1, -0.05) is 37.6 Å². The van der Waals surface area contributed by atoms with Crippen LogP contribution < -0.4 is 5.73 Å². The topological polar surface area (TPSA) is 68.3 Å². The molecule has 5 nitrogen and oxygen atoms in total. The number of nitrogens with zero attached hydrogens (tertiary/aromatic N) is 2. The van der Waals surface area contributed by atoms with E-state index in [0.29, 0.717) is 23.4 Å². The van der Waals surface area contributed by atoms with Crippen LogP contribution in [0.5, 0.6) is 0 Å². The number of hydrogen-bond acceptors (Lipinski definition) is 2. The zero-order valence-electron chi connectivity index (χ0n) is 17.8. The maximum absolute atomic E-state index is 14.1. The number of alkyl halides is 3. The molecule has 0 radical (unpaired) electrons. The number of carbonyl (C=O) groups is 2. The van der Waals surface area contributed by atoms with Gasteiger partial charge in [0.25, 0.3) is 5.91 Å². The van der Waals surface area contributed by atoms with Crippen LogP contribution >= 0.6 is 11.6 Å². The van der Waals surface area contributed by atoms with Gasteiger partial charge in [-0.25, -0.2) is 0 Å². The van der Waals surface area contributed by atoms with Gasteiger partial charge in [-0.3, -0.25) is 9.59 Å². The van der Waals surface area contributed by atoms with Gasteiger partial charge in [0.15, 0.2) is 0 Å². The number of nitrogens with two attached hydrogens (primary N) is 1. The number of rotatable bonds is 6. The first-order valence-electron chi connectivity index (χ1n) is 9.95. The molecule has 2 amide bonds. The molecule has 2 aromatic rings. The van der Waals surface area contributed by atoms with Crippen LogP contribution in [0.2, 0.25) is 5.02 Å². The largest absolute Gasteiger partial charge is 0.431 e. The molecule has 168 valence electrons. The van der Waals surface area contributed by atoms with Gasteiger partial charge in [-0.05, 0) is 48.9 Å². The number of hydrogen-bond donors (Lipinski definition) is 1. The summed E-state index contributed by atoms with van der Waals surface area (Å²) in [5.74, 6) is -1.49. The summed E-state index contributed by atoms with van der Waals surface area (Å²) >= 11 is 5.96. The summed E-state index contributed by atoms with van der Waals surface area (Å²) in [4.78, 5) is 26.8. The molecule has 0 unspecified atom stereocenters. The van der Waals surface area contributed by atoms with Crippen molar-refractivity contribution in [3.8, 4) is 11.1 Å². The predicted molar refractivity (Wildman–Crippen MR) is 113 cm³/mol. The van der Waals surface area contributed by atoms with Crippen molar-refractivity contribution in [2.75, 3.05) is 7.05 Å². The molecule has 0 aliphatic heterocycles. The zero-order chi connectivity index (χ0) is 23.3. The monoisotopic (exact) mass is 455 g/mol. The van der Waals surface area contributed by atoms with Gasteiger partial charge >= 0.3 is 6.18 Å². The Bertz CT molecular complexity index is 1020. The summed E-state index contributed by atoms with van der Waals surface area (Å²) < 4.78 is 43.4. The van der Waals surface area contributed by atoms with Crippen LogP contribution in [0.25, 0.3) is 11.1 Å². The minimum atomic E-state index is -4.67. The van der Waals surface area contributed by atoms with Crippen molar-refractivity contribution < 1.29 is 22.8 Å². The summed E-state index contributed by atoms with van der Waals surface area (Å²) in [6.45, 7) is 4.91. The molecule has 1 aromatic heterocycles. The second-order valence-corrected chi connectivity index (χ2v) is 8.90. The normalized spacial score (nSPS) is 15.3. The maximum Gasteiger partial charge on any atom is 0.431 e. The third-order valence-corrected chi connectivity index (χ3v) is 6.04. The van der Waals surface area contributed by atoms with Gasteiger partial charge < -0.3 is 15.2 Å². The van der Waals surface area contributed by atoms with E-state index in [1.54, 1.807) is 38.1 Å². The van der Waals surface area contributed by atoms with Crippen LogP contribution in [0, 0.1) is 12.8 Å². The molecule has 0 spiro atoms. The molecular weight excluding hydrogens is 431 g/mol. The van der Waals surface area contributed by atoms with E-state index in [1.807, 2.05) is 0 Å². The Balaban J connectivity index is 2.32. The van der Waals surface area contributed by atoms with Crippen molar-refractivity contribution in [3.05, 3.63) is 46.2 Å². The molecule has 3 rings (SSSR count). The van der Waals surface area contributed by atoms with Crippen LogP contribution in [0.15, 0.2) is 24.3 Å². The average molecular weight is 456 g/mol. The lowest BCUT2D eigenvalue weighted by Gasteiger charge is -2.27. The number of carbonyl (C=O) groups excluding carboxylic acids is 2. The summed E-state index contributed by atoms with van der Waals surface area (Å²) in [6.07, 6.45) is -3.90. The second kappa shape index (κ2) is 7.89. The van der Waals surface area contributed by atoms with Gasteiger partial charge in [-0.15, -0.1) is 0 Å². The first-order valence-corrected chi connectivity index (χ1v) is 10.3. The minimum absolute atomic E-state index is 0.0121. The number of primary amides is 1. The van der Waals surface area contributed by atoms with Gasteiger partial charge in [0.2, 0.25) is 5.91 Å². The van der Waals surface area contributed by atoms with Crippen molar-refractivity contribution in [2.45, 2.75) is 51.9 Å². The van der Waals surface area contributed by atoms with E-state index in [1.165, 1.54) is 18.9 Å². The lowest BCUT2D eigenvalue weighted by Crippen LogP contribution is -2.48.